The second kappa shape index (κ2) is 3.74. The molecule has 0 saturated carbocycles. The number of fused-ring (bicyclic) bond motifs is 3. The monoisotopic (exact) mass is 223 g/mol. The highest BCUT2D eigenvalue weighted by molar-refractivity contribution is 6.07. The number of H-pyrrole nitrogens is 1. The number of rotatable bonds is 2. The van der Waals surface area contributed by atoms with Crippen molar-refractivity contribution in [1.29, 1.82) is 0 Å². The third-order valence-corrected chi connectivity index (χ3v) is 3.26. The van der Waals surface area contributed by atoms with Crippen molar-refractivity contribution >= 4 is 28.1 Å². The summed E-state index contributed by atoms with van der Waals surface area (Å²) in [5.41, 5.74) is 3.29. The predicted octanol–water partition coefficient (Wildman–Crippen LogP) is 3.62. The van der Waals surface area contributed by atoms with Gasteiger partial charge in [0.15, 0.2) is 0 Å². The number of para-hydroxylation sites is 1. The number of aldehydes is 1. The molecule has 1 atom stereocenters. The van der Waals surface area contributed by atoms with Crippen molar-refractivity contribution < 1.29 is 4.79 Å². The second-order valence-corrected chi connectivity index (χ2v) is 4.40. The molecule has 84 valence electrons. The van der Waals surface area contributed by atoms with Crippen LogP contribution < -0.4 is 0 Å². The van der Waals surface area contributed by atoms with Crippen LogP contribution in [0.2, 0.25) is 0 Å². The van der Waals surface area contributed by atoms with Crippen LogP contribution in [0, 0.1) is 0 Å². The van der Waals surface area contributed by atoms with Crippen LogP contribution in [-0.2, 0) is 4.79 Å². The van der Waals surface area contributed by atoms with Gasteiger partial charge in [0.2, 0.25) is 0 Å². The fourth-order valence-corrected chi connectivity index (χ4v) is 2.23. The molecule has 0 amide bonds. The zero-order valence-corrected chi connectivity index (χ0v) is 9.60. The number of hydrogen-bond acceptors (Lipinski definition) is 1. The first-order valence-corrected chi connectivity index (χ1v) is 5.75. The second-order valence-electron chi connectivity index (χ2n) is 4.40. The Balaban J connectivity index is 2.30. The Morgan fingerprint density at radius 2 is 1.82 bits per heavy atom. The van der Waals surface area contributed by atoms with Gasteiger partial charge < -0.3 is 9.78 Å². The molecule has 2 aromatic carbocycles. The van der Waals surface area contributed by atoms with Crippen molar-refractivity contribution in [2.45, 2.75) is 12.8 Å². The van der Waals surface area contributed by atoms with Gasteiger partial charge in [-0.05, 0) is 17.7 Å². The first-order chi connectivity index (χ1) is 8.29. The summed E-state index contributed by atoms with van der Waals surface area (Å²) in [7, 11) is 0. The molecule has 0 unspecified atom stereocenters. The Morgan fingerprint density at radius 1 is 1.06 bits per heavy atom. The largest absolute Gasteiger partial charge is 0.355 e. The molecular weight excluding hydrogens is 210 g/mol. The summed E-state index contributed by atoms with van der Waals surface area (Å²) in [6.45, 7) is 1.91. The lowest BCUT2D eigenvalue weighted by molar-refractivity contribution is -0.108. The van der Waals surface area contributed by atoms with Crippen LogP contribution >= 0.6 is 0 Å². The molecule has 3 aromatic rings. The highest BCUT2D eigenvalue weighted by Crippen LogP contribution is 2.27. The Kier molecular flexibility index (Phi) is 2.22. The molecule has 1 N–H and O–H groups in total. The van der Waals surface area contributed by atoms with Crippen LogP contribution in [-0.4, -0.2) is 11.3 Å². The zero-order valence-electron chi connectivity index (χ0n) is 9.60. The lowest BCUT2D eigenvalue weighted by atomic mass is 10.0. The maximum Gasteiger partial charge on any atom is 0.127 e. The average molecular weight is 223 g/mol. The van der Waals surface area contributed by atoms with E-state index in [1.165, 1.54) is 10.8 Å². The van der Waals surface area contributed by atoms with Crippen molar-refractivity contribution in [3.63, 3.8) is 0 Å². The van der Waals surface area contributed by atoms with E-state index < -0.39 is 0 Å². The maximum atomic E-state index is 10.8. The molecule has 0 fully saturated rings. The first-order valence-electron chi connectivity index (χ1n) is 5.75. The lowest BCUT2D eigenvalue weighted by Gasteiger charge is -2.03. The average Bonchev–Trinajstić information content (AvgIpc) is 2.75. The molecule has 2 nitrogen and oxygen atoms in total. The van der Waals surface area contributed by atoms with Crippen LogP contribution in [0.15, 0.2) is 42.5 Å². The van der Waals surface area contributed by atoms with E-state index in [2.05, 4.69) is 29.2 Å². The minimum Gasteiger partial charge on any atom is -0.355 e. The van der Waals surface area contributed by atoms with Crippen LogP contribution in [0.4, 0.5) is 0 Å². The number of carbonyl (C=O) groups excluding carboxylic acids is 1. The van der Waals surface area contributed by atoms with E-state index >= 15 is 0 Å². The number of aromatic amines is 1. The molecule has 0 aliphatic carbocycles. The molecular formula is C15H13NO. The number of nitrogens with one attached hydrogen (secondary N) is 1. The van der Waals surface area contributed by atoms with Crippen LogP contribution in [0.5, 0.6) is 0 Å². The minimum absolute atomic E-state index is 0.0502. The van der Waals surface area contributed by atoms with E-state index in [0.29, 0.717) is 0 Å². The first kappa shape index (κ1) is 10.1. The van der Waals surface area contributed by atoms with Gasteiger partial charge in [-0.3, -0.25) is 0 Å². The van der Waals surface area contributed by atoms with Gasteiger partial charge in [-0.15, -0.1) is 0 Å². The fourth-order valence-electron chi connectivity index (χ4n) is 2.23. The Morgan fingerprint density at radius 3 is 2.65 bits per heavy atom. The fraction of sp³-hybridized carbons (Fsp3) is 0.133. The predicted molar refractivity (Wildman–Crippen MR) is 70.3 cm³/mol. The molecule has 1 heterocycles. The molecule has 0 bridgehead atoms. The van der Waals surface area contributed by atoms with Crippen LogP contribution in [0.25, 0.3) is 21.8 Å². The van der Waals surface area contributed by atoms with Crippen molar-refractivity contribution in [2.24, 2.45) is 0 Å². The Labute approximate surface area is 99.3 Å². The van der Waals surface area contributed by atoms with Crippen molar-refractivity contribution in [2.75, 3.05) is 0 Å². The molecule has 3 rings (SSSR count). The van der Waals surface area contributed by atoms with Gasteiger partial charge in [0.1, 0.15) is 6.29 Å². The minimum atomic E-state index is -0.0502. The summed E-state index contributed by atoms with van der Waals surface area (Å²) < 4.78 is 0. The van der Waals surface area contributed by atoms with Gasteiger partial charge in [-0.2, -0.15) is 0 Å². The standard InChI is InChI=1S/C15H13NO/c1-10(9-17)11-6-7-13-12-4-2-3-5-14(12)16-15(13)8-11/h2-10,16H,1H3/t10-/m0/s1. The van der Waals surface area contributed by atoms with E-state index in [-0.39, 0.29) is 5.92 Å². The van der Waals surface area contributed by atoms with Crippen LogP contribution in [0.3, 0.4) is 0 Å². The molecule has 1 aromatic heterocycles. The van der Waals surface area contributed by atoms with Crippen LogP contribution in [0.1, 0.15) is 18.4 Å². The molecule has 0 spiro atoms. The van der Waals surface area contributed by atoms with Crippen molar-refractivity contribution in [3.8, 4) is 0 Å². The molecule has 0 saturated heterocycles. The van der Waals surface area contributed by atoms with Crippen molar-refractivity contribution in [1.82, 2.24) is 4.98 Å². The summed E-state index contributed by atoms with van der Waals surface area (Å²) >= 11 is 0. The summed E-state index contributed by atoms with van der Waals surface area (Å²) in [4.78, 5) is 14.2. The van der Waals surface area contributed by atoms with E-state index in [9.17, 15) is 4.79 Å². The third-order valence-electron chi connectivity index (χ3n) is 3.26. The number of hydrogen-bond donors (Lipinski definition) is 1. The van der Waals surface area contributed by atoms with E-state index in [0.717, 1.165) is 22.9 Å². The quantitative estimate of drug-likeness (QED) is 0.661. The smallest absolute Gasteiger partial charge is 0.127 e. The van der Waals surface area contributed by atoms with Gasteiger partial charge in [0.05, 0.1) is 0 Å². The van der Waals surface area contributed by atoms with Gasteiger partial charge in [0.25, 0.3) is 0 Å². The molecule has 0 aliphatic rings. The van der Waals surface area contributed by atoms with Crippen molar-refractivity contribution in [3.05, 3.63) is 48.0 Å². The molecule has 0 radical (unpaired) electrons. The van der Waals surface area contributed by atoms with Gasteiger partial charge in [-0.1, -0.05) is 37.3 Å². The molecule has 2 heteroatoms. The summed E-state index contributed by atoms with van der Waals surface area (Å²) in [5.74, 6) is -0.0502. The topological polar surface area (TPSA) is 32.9 Å². The molecule has 0 aliphatic heterocycles. The van der Waals surface area contributed by atoms with Gasteiger partial charge in [0, 0.05) is 27.7 Å². The highest BCUT2D eigenvalue weighted by Gasteiger charge is 2.07. The van der Waals surface area contributed by atoms with E-state index in [4.69, 9.17) is 0 Å². The summed E-state index contributed by atoms with van der Waals surface area (Å²) in [6.07, 6.45) is 0.976. The van der Waals surface area contributed by atoms with Gasteiger partial charge in [-0.25, -0.2) is 0 Å². The summed E-state index contributed by atoms with van der Waals surface area (Å²) in [5, 5.41) is 2.44. The third kappa shape index (κ3) is 1.53. The number of aromatic nitrogens is 1. The maximum absolute atomic E-state index is 10.8. The lowest BCUT2D eigenvalue weighted by Crippen LogP contribution is -1.93. The number of carbonyl (C=O) groups is 1. The Bertz CT molecular complexity index is 696. The highest BCUT2D eigenvalue weighted by atomic mass is 16.1. The number of benzene rings is 2. The van der Waals surface area contributed by atoms with Gasteiger partial charge >= 0.3 is 0 Å². The summed E-state index contributed by atoms with van der Waals surface area (Å²) in [6, 6.07) is 14.4. The normalized spacial score (nSPS) is 13.0. The molecule has 17 heavy (non-hydrogen) atoms. The van der Waals surface area contributed by atoms with E-state index in [1.807, 2.05) is 25.1 Å². The zero-order chi connectivity index (χ0) is 11.8. The van der Waals surface area contributed by atoms with E-state index in [1.54, 1.807) is 0 Å². The SMILES string of the molecule is C[C@@H](C=O)c1ccc2c(c1)[nH]c1ccccc12. The Hall–Kier alpha value is -2.09.